The Balaban J connectivity index is 1.42. The Labute approximate surface area is 217 Å². The predicted molar refractivity (Wildman–Crippen MR) is 142 cm³/mol. The van der Waals surface area contributed by atoms with Gasteiger partial charge in [-0.25, -0.2) is 9.97 Å². The molecular formula is C26H34N6O4Si. The van der Waals surface area contributed by atoms with Gasteiger partial charge in [-0.2, -0.15) is 9.90 Å². The van der Waals surface area contributed by atoms with Crippen LogP contribution in [-0.2, 0) is 11.0 Å². The molecule has 0 aliphatic carbocycles. The lowest BCUT2D eigenvalue weighted by atomic mass is 10.1. The van der Waals surface area contributed by atoms with E-state index in [1.54, 1.807) is 13.1 Å². The average molecular weight is 523 g/mol. The van der Waals surface area contributed by atoms with Crippen LogP contribution in [-0.4, -0.2) is 39.2 Å². The lowest BCUT2D eigenvalue weighted by Crippen LogP contribution is -2.41. The number of carbonyl (C=O) groups is 1. The van der Waals surface area contributed by atoms with Crippen LogP contribution < -0.4 is 5.32 Å². The number of oxazole rings is 2. The molecule has 0 saturated heterocycles. The molecule has 0 bridgehead atoms. The number of amides is 1. The largest absolute Gasteiger partial charge is 0.441 e. The molecule has 4 rings (SSSR count). The van der Waals surface area contributed by atoms with Crippen molar-refractivity contribution in [2.24, 2.45) is 0 Å². The van der Waals surface area contributed by atoms with Crippen LogP contribution in [0.2, 0.25) is 18.1 Å². The van der Waals surface area contributed by atoms with Crippen molar-refractivity contribution in [1.82, 2.24) is 25.0 Å². The van der Waals surface area contributed by atoms with Crippen molar-refractivity contribution in [3.8, 4) is 11.3 Å². The van der Waals surface area contributed by atoms with Crippen molar-refractivity contribution in [3.63, 3.8) is 0 Å². The number of aromatic nitrogens is 5. The second kappa shape index (κ2) is 10.1. The molecule has 0 fully saturated rings. The van der Waals surface area contributed by atoms with Gasteiger partial charge in [-0.15, -0.1) is 5.10 Å². The smallest absolute Gasteiger partial charge is 0.279 e. The monoisotopic (exact) mass is 522 g/mol. The summed E-state index contributed by atoms with van der Waals surface area (Å²) in [4.78, 5) is 23.1. The van der Waals surface area contributed by atoms with Gasteiger partial charge < -0.3 is 18.6 Å². The van der Waals surface area contributed by atoms with Gasteiger partial charge in [0.1, 0.15) is 18.4 Å². The maximum absolute atomic E-state index is 13.0. The standard InChI is InChI=1S/C26H34N6O4Si/c1-16-10-9-11-19(12-16)23-22(29-18(3)34-23)24(33)30-21-14-28-32(31-21)15-20-13-27-25(35-20)17(2)36-37(7,8)26(4,5)6/h9-14,17H,15H2,1-8H3,(H,30,31,33). The van der Waals surface area contributed by atoms with E-state index in [1.165, 1.54) is 11.0 Å². The van der Waals surface area contributed by atoms with Crippen molar-refractivity contribution < 1.29 is 18.1 Å². The van der Waals surface area contributed by atoms with Gasteiger partial charge in [0, 0.05) is 12.5 Å². The highest BCUT2D eigenvalue weighted by atomic mass is 28.4. The second-order valence-electron chi connectivity index (χ2n) is 10.7. The molecule has 1 atom stereocenters. The number of carbonyl (C=O) groups excluding carboxylic acids is 1. The molecule has 1 aromatic carbocycles. The van der Waals surface area contributed by atoms with E-state index >= 15 is 0 Å². The van der Waals surface area contributed by atoms with Gasteiger partial charge in [-0.1, -0.05) is 44.5 Å². The molecular weight excluding hydrogens is 488 g/mol. The number of hydrogen-bond donors (Lipinski definition) is 1. The zero-order chi connectivity index (χ0) is 27.0. The highest BCUT2D eigenvalue weighted by Gasteiger charge is 2.39. The van der Waals surface area contributed by atoms with Crippen LogP contribution >= 0.6 is 0 Å². The van der Waals surface area contributed by atoms with Crippen molar-refractivity contribution in [2.45, 2.75) is 72.3 Å². The summed E-state index contributed by atoms with van der Waals surface area (Å²) in [5, 5.41) is 11.4. The number of rotatable bonds is 8. The zero-order valence-corrected chi connectivity index (χ0v) is 23.6. The van der Waals surface area contributed by atoms with Gasteiger partial charge in [0.15, 0.2) is 31.5 Å². The molecule has 0 spiro atoms. The fourth-order valence-corrected chi connectivity index (χ4v) is 4.90. The molecule has 3 heterocycles. The third-order valence-corrected chi connectivity index (χ3v) is 11.1. The number of nitrogens with one attached hydrogen (secondary N) is 1. The number of anilines is 1. The lowest BCUT2D eigenvalue weighted by molar-refractivity contribution is 0.102. The third-order valence-electron chi connectivity index (χ3n) is 6.50. The van der Waals surface area contributed by atoms with Crippen LogP contribution in [0.3, 0.4) is 0 Å². The first-order chi connectivity index (χ1) is 17.3. The summed E-state index contributed by atoms with van der Waals surface area (Å²) in [5.41, 5.74) is 2.02. The van der Waals surface area contributed by atoms with Crippen LogP contribution in [0.15, 0.2) is 45.5 Å². The molecule has 0 radical (unpaired) electrons. The first-order valence-electron chi connectivity index (χ1n) is 12.2. The minimum Gasteiger partial charge on any atom is -0.441 e. The summed E-state index contributed by atoms with van der Waals surface area (Å²) in [6.07, 6.45) is 2.86. The Kier molecular flexibility index (Phi) is 7.20. The summed E-state index contributed by atoms with van der Waals surface area (Å²) in [5.74, 6) is 1.77. The number of benzene rings is 1. The SMILES string of the molecule is Cc1cccc(-c2oc(C)nc2C(=O)Nc2cnn(Cc3cnc(C(C)O[Si](C)(C)C(C)(C)C)o3)n2)c1. The summed E-state index contributed by atoms with van der Waals surface area (Å²) in [7, 11) is -1.97. The quantitative estimate of drug-likeness (QED) is 0.283. The maximum atomic E-state index is 13.0. The number of nitrogens with zero attached hydrogens (tertiary/aromatic N) is 5. The Morgan fingerprint density at radius 1 is 1.19 bits per heavy atom. The molecule has 1 N–H and O–H groups in total. The summed E-state index contributed by atoms with van der Waals surface area (Å²) in [6.45, 7) is 16.9. The van der Waals surface area contributed by atoms with Gasteiger partial charge in [-0.05, 0) is 38.0 Å². The Hall–Kier alpha value is -3.57. The van der Waals surface area contributed by atoms with Gasteiger partial charge in [0.2, 0.25) is 5.89 Å². The van der Waals surface area contributed by atoms with E-state index in [4.69, 9.17) is 13.3 Å². The molecule has 0 saturated carbocycles. The van der Waals surface area contributed by atoms with Crippen LogP contribution in [0.1, 0.15) is 67.4 Å². The van der Waals surface area contributed by atoms with Crippen molar-refractivity contribution >= 4 is 20.0 Å². The van der Waals surface area contributed by atoms with E-state index in [1.807, 2.05) is 38.1 Å². The summed E-state index contributed by atoms with van der Waals surface area (Å²) >= 11 is 0. The molecule has 1 unspecified atom stereocenters. The molecule has 3 aromatic heterocycles. The molecule has 0 aliphatic rings. The van der Waals surface area contributed by atoms with Crippen molar-refractivity contribution in [2.75, 3.05) is 5.32 Å². The van der Waals surface area contributed by atoms with Crippen molar-refractivity contribution in [3.05, 3.63) is 65.5 Å². The molecule has 196 valence electrons. The molecule has 10 nitrogen and oxygen atoms in total. The van der Waals surface area contributed by atoms with E-state index < -0.39 is 14.2 Å². The molecule has 1 amide bonds. The lowest BCUT2D eigenvalue weighted by Gasteiger charge is -2.37. The summed E-state index contributed by atoms with van der Waals surface area (Å²) < 4.78 is 18.0. The van der Waals surface area contributed by atoms with Crippen molar-refractivity contribution in [1.29, 1.82) is 0 Å². The van der Waals surface area contributed by atoms with Crippen LogP contribution in [0.4, 0.5) is 5.82 Å². The van der Waals surface area contributed by atoms with E-state index in [-0.39, 0.29) is 29.2 Å². The maximum Gasteiger partial charge on any atom is 0.279 e. The Morgan fingerprint density at radius 3 is 2.65 bits per heavy atom. The highest BCUT2D eigenvalue weighted by Crippen LogP contribution is 2.39. The Bertz CT molecular complexity index is 1400. The van der Waals surface area contributed by atoms with E-state index in [0.29, 0.717) is 23.3 Å². The first kappa shape index (κ1) is 26.5. The zero-order valence-electron chi connectivity index (χ0n) is 22.6. The van der Waals surface area contributed by atoms with Gasteiger partial charge in [-0.3, -0.25) is 4.79 Å². The van der Waals surface area contributed by atoms with E-state index in [2.05, 4.69) is 59.3 Å². The minimum absolute atomic E-state index is 0.0853. The number of hydrogen-bond acceptors (Lipinski definition) is 8. The minimum atomic E-state index is -1.97. The fraction of sp³-hybridized carbons (Fsp3) is 0.423. The molecule has 0 aliphatic heterocycles. The average Bonchev–Trinajstić information content (AvgIpc) is 3.53. The Morgan fingerprint density at radius 2 is 1.95 bits per heavy atom. The first-order valence-corrected chi connectivity index (χ1v) is 15.1. The number of aryl methyl sites for hydroxylation is 2. The van der Waals surface area contributed by atoms with Crippen LogP contribution in [0, 0.1) is 13.8 Å². The van der Waals surface area contributed by atoms with Gasteiger partial charge in [0.25, 0.3) is 5.91 Å². The highest BCUT2D eigenvalue weighted by molar-refractivity contribution is 6.74. The van der Waals surface area contributed by atoms with Gasteiger partial charge >= 0.3 is 0 Å². The van der Waals surface area contributed by atoms with E-state index in [9.17, 15) is 4.79 Å². The van der Waals surface area contributed by atoms with Crippen LogP contribution in [0.25, 0.3) is 11.3 Å². The third kappa shape index (κ3) is 6.05. The molecule has 37 heavy (non-hydrogen) atoms. The molecule has 11 heteroatoms. The predicted octanol–water partition coefficient (Wildman–Crippen LogP) is 5.92. The second-order valence-corrected chi connectivity index (χ2v) is 15.4. The summed E-state index contributed by atoms with van der Waals surface area (Å²) in [6, 6.07) is 7.70. The fourth-order valence-electron chi connectivity index (χ4n) is 3.56. The van der Waals surface area contributed by atoms with Crippen LogP contribution in [0.5, 0.6) is 0 Å². The van der Waals surface area contributed by atoms with E-state index in [0.717, 1.165) is 11.1 Å². The normalized spacial score (nSPS) is 13.1. The molecule has 4 aromatic rings. The topological polar surface area (TPSA) is 121 Å². The van der Waals surface area contributed by atoms with Gasteiger partial charge in [0.05, 0.1) is 12.4 Å².